The van der Waals surface area contributed by atoms with Crippen LogP contribution in [0, 0.1) is 0 Å². The molecule has 0 spiro atoms. The van der Waals surface area contributed by atoms with Gasteiger partial charge in [-0.15, -0.1) is 0 Å². The van der Waals surface area contributed by atoms with E-state index in [1.54, 1.807) is 12.1 Å². The summed E-state index contributed by atoms with van der Waals surface area (Å²) >= 11 is 5.80. The third kappa shape index (κ3) is 3.66. The summed E-state index contributed by atoms with van der Waals surface area (Å²) < 4.78 is 5.09. The SMILES string of the molecule is C=CC(=O)NCCc1nc(-c2ccc(Cl)cc2)no1. The molecule has 2 rings (SSSR count). The molecule has 1 aromatic carbocycles. The van der Waals surface area contributed by atoms with Gasteiger partial charge < -0.3 is 9.84 Å². The van der Waals surface area contributed by atoms with Gasteiger partial charge in [-0.3, -0.25) is 4.79 Å². The molecule has 0 saturated heterocycles. The van der Waals surface area contributed by atoms with E-state index >= 15 is 0 Å². The Hall–Kier alpha value is -2.14. The van der Waals surface area contributed by atoms with Crippen molar-refractivity contribution in [2.75, 3.05) is 6.54 Å². The minimum Gasteiger partial charge on any atom is -0.352 e. The average molecular weight is 278 g/mol. The molecule has 0 radical (unpaired) electrons. The maximum absolute atomic E-state index is 11.0. The third-order valence-corrected chi connectivity index (χ3v) is 2.65. The molecule has 5 nitrogen and oxygen atoms in total. The van der Waals surface area contributed by atoms with E-state index in [9.17, 15) is 4.79 Å². The number of amides is 1. The lowest BCUT2D eigenvalue weighted by molar-refractivity contribution is -0.116. The van der Waals surface area contributed by atoms with Crippen molar-refractivity contribution in [2.24, 2.45) is 0 Å². The Morgan fingerprint density at radius 2 is 2.16 bits per heavy atom. The summed E-state index contributed by atoms with van der Waals surface area (Å²) in [6.07, 6.45) is 1.69. The molecule has 0 aliphatic rings. The molecular weight excluding hydrogens is 266 g/mol. The summed E-state index contributed by atoms with van der Waals surface area (Å²) in [6.45, 7) is 3.79. The zero-order valence-corrected chi connectivity index (χ0v) is 10.9. The van der Waals surface area contributed by atoms with Gasteiger partial charge in [-0.1, -0.05) is 23.3 Å². The van der Waals surface area contributed by atoms with Crippen molar-refractivity contribution in [3.63, 3.8) is 0 Å². The first-order chi connectivity index (χ1) is 9.19. The monoisotopic (exact) mass is 277 g/mol. The van der Waals surface area contributed by atoms with Gasteiger partial charge >= 0.3 is 0 Å². The van der Waals surface area contributed by atoms with E-state index < -0.39 is 0 Å². The van der Waals surface area contributed by atoms with E-state index in [1.807, 2.05) is 12.1 Å². The number of halogens is 1. The second-order valence-electron chi connectivity index (χ2n) is 3.76. The predicted molar refractivity (Wildman–Crippen MR) is 71.7 cm³/mol. The van der Waals surface area contributed by atoms with E-state index in [1.165, 1.54) is 6.08 Å². The van der Waals surface area contributed by atoms with Crippen LogP contribution in [0.3, 0.4) is 0 Å². The summed E-state index contributed by atoms with van der Waals surface area (Å²) in [7, 11) is 0. The van der Waals surface area contributed by atoms with Gasteiger partial charge in [0.05, 0.1) is 0 Å². The first kappa shape index (κ1) is 13.3. The van der Waals surface area contributed by atoms with Crippen LogP contribution < -0.4 is 5.32 Å². The number of rotatable bonds is 5. The molecule has 0 fully saturated rings. The van der Waals surface area contributed by atoms with Crippen LogP contribution in [0.4, 0.5) is 0 Å². The Morgan fingerprint density at radius 1 is 1.42 bits per heavy atom. The van der Waals surface area contributed by atoms with E-state index in [0.29, 0.717) is 29.7 Å². The summed E-state index contributed by atoms with van der Waals surface area (Å²) in [4.78, 5) is 15.2. The van der Waals surface area contributed by atoms with Crippen LogP contribution in [-0.4, -0.2) is 22.6 Å². The molecular formula is C13H12ClN3O2. The minimum atomic E-state index is -0.225. The number of carbonyl (C=O) groups excluding carboxylic acids is 1. The molecule has 0 atom stereocenters. The van der Waals surface area contributed by atoms with Crippen molar-refractivity contribution in [2.45, 2.75) is 6.42 Å². The number of aromatic nitrogens is 2. The van der Waals surface area contributed by atoms with Gasteiger partial charge in [-0.05, 0) is 30.3 Å². The van der Waals surface area contributed by atoms with Crippen LogP contribution in [0.15, 0.2) is 41.4 Å². The fraction of sp³-hybridized carbons (Fsp3) is 0.154. The standard InChI is InChI=1S/C13H12ClN3O2/c1-2-11(18)15-8-7-12-16-13(17-19-12)9-3-5-10(14)6-4-9/h2-6H,1,7-8H2,(H,15,18). The van der Waals surface area contributed by atoms with Crippen molar-refractivity contribution in [3.05, 3.63) is 47.8 Å². The Kier molecular flexibility index (Phi) is 4.30. The zero-order valence-electron chi connectivity index (χ0n) is 10.1. The molecule has 1 amide bonds. The lowest BCUT2D eigenvalue weighted by Gasteiger charge is -1.97. The van der Waals surface area contributed by atoms with Gasteiger partial charge in [0, 0.05) is 23.6 Å². The first-order valence-electron chi connectivity index (χ1n) is 5.68. The molecule has 0 bridgehead atoms. The lowest BCUT2D eigenvalue weighted by atomic mass is 10.2. The number of nitrogens with zero attached hydrogens (tertiary/aromatic N) is 2. The van der Waals surface area contributed by atoms with Gasteiger partial charge in [0.15, 0.2) is 0 Å². The highest BCUT2D eigenvalue weighted by Crippen LogP contribution is 2.18. The number of carbonyl (C=O) groups is 1. The Balaban J connectivity index is 1.97. The van der Waals surface area contributed by atoms with Crippen LogP contribution in [0.5, 0.6) is 0 Å². The number of benzene rings is 1. The van der Waals surface area contributed by atoms with E-state index in [4.69, 9.17) is 16.1 Å². The van der Waals surface area contributed by atoms with E-state index in [2.05, 4.69) is 22.0 Å². The molecule has 0 aliphatic heterocycles. The van der Waals surface area contributed by atoms with Crippen molar-refractivity contribution in [1.29, 1.82) is 0 Å². The fourth-order valence-corrected chi connectivity index (χ4v) is 1.56. The Bertz CT molecular complexity index is 578. The van der Waals surface area contributed by atoms with Gasteiger partial charge in [0.1, 0.15) is 0 Å². The van der Waals surface area contributed by atoms with Crippen LogP contribution in [-0.2, 0) is 11.2 Å². The molecule has 2 aromatic rings. The molecule has 98 valence electrons. The molecule has 1 aromatic heterocycles. The molecule has 1 N–H and O–H groups in total. The molecule has 0 aliphatic carbocycles. The van der Waals surface area contributed by atoms with Crippen molar-refractivity contribution in [1.82, 2.24) is 15.5 Å². The van der Waals surface area contributed by atoms with Crippen LogP contribution >= 0.6 is 11.6 Å². The highest BCUT2D eigenvalue weighted by atomic mass is 35.5. The van der Waals surface area contributed by atoms with Crippen LogP contribution in [0.1, 0.15) is 5.89 Å². The summed E-state index contributed by atoms with van der Waals surface area (Å²) in [6, 6.07) is 7.15. The van der Waals surface area contributed by atoms with Crippen molar-refractivity contribution >= 4 is 17.5 Å². The van der Waals surface area contributed by atoms with Gasteiger partial charge in [-0.2, -0.15) is 4.98 Å². The molecule has 0 unspecified atom stereocenters. The van der Waals surface area contributed by atoms with E-state index in [0.717, 1.165) is 5.56 Å². The quantitative estimate of drug-likeness (QED) is 0.851. The van der Waals surface area contributed by atoms with Gasteiger partial charge in [0.2, 0.25) is 17.6 Å². The summed E-state index contributed by atoms with van der Waals surface area (Å²) in [5.41, 5.74) is 0.828. The largest absolute Gasteiger partial charge is 0.352 e. The second-order valence-corrected chi connectivity index (χ2v) is 4.20. The molecule has 0 saturated carbocycles. The maximum Gasteiger partial charge on any atom is 0.243 e. The van der Waals surface area contributed by atoms with Gasteiger partial charge in [-0.25, -0.2) is 0 Å². The normalized spacial score (nSPS) is 10.2. The Morgan fingerprint density at radius 3 is 2.84 bits per heavy atom. The number of hydrogen-bond donors (Lipinski definition) is 1. The summed E-state index contributed by atoms with van der Waals surface area (Å²) in [5.74, 6) is 0.744. The second kappa shape index (κ2) is 6.15. The maximum atomic E-state index is 11.0. The highest BCUT2D eigenvalue weighted by molar-refractivity contribution is 6.30. The Labute approximate surface area is 115 Å². The van der Waals surface area contributed by atoms with Crippen LogP contribution in [0.25, 0.3) is 11.4 Å². The molecule has 19 heavy (non-hydrogen) atoms. The third-order valence-electron chi connectivity index (χ3n) is 2.39. The fourth-order valence-electron chi connectivity index (χ4n) is 1.44. The topological polar surface area (TPSA) is 68.0 Å². The number of hydrogen-bond acceptors (Lipinski definition) is 4. The number of nitrogens with one attached hydrogen (secondary N) is 1. The van der Waals surface area contributed by atoms with Crippen LogP contribution in [0.2, 0.25) is 5.02 Å². The highest BCUT2D eigenvalue weighted by Gasteiger charge is 2.08. The van der Waals surface area contributed by atoms with E-state index in [-0.39, 0.29) is 5.91 Å². The van der Waals surface area contributed by atoms with Gasteiger partial charge in [0.25, 0.3) is 0 Å². The zero-order chi connectivity index (χ0) is 13.7. The van der Waals surface area contributed by atoms with Crippen molar-refractivity contribution < 1.29 is 9.32 Å². The first-order valence-corrected chi connectivity index (χ1v) is 6.05. The lowest BCUT2D eigenvalue weighted by Crippen LogP contribution is -2.23. The minimum absolute atomic E-state index is 0.225. The predicted octanol–water partition coefficient (Wildman–Crippen LogP) is 2.23. The molecule has 6 heteroatoms. The average Bonchev–Trinajstić information content (AvgIpc) is 2.88. The smallest absolute Gasteiger partial charge is 0.243 e. The van der Waals surface area contributed by atoms with Crippen molar-refractivity contribution in [3.8, 4) is 11.4 Å². The summed E-state index contributed by atoms with van der Waals surface area (Å²) in [5, 5.41) is 7.16. The molecule has 1 heterocycles.